The lowest BCUT2D eigenvalue weighted by Crippen LogP contribution is -2.24. The van der Waals surface area contributed by atoms with E-state index in [-0.39, 0.29) is 23.3 Å². The standard InChI is InChI=1S/C6H13N.C4H10.2H3N.2H2O/c1-7-5-3-2-4-6-7;1-3-4-2;;;;/h2-6H2,1H3;3-4H2,1-2H3;2*1H3;2*1H2. The third-order valence-corrected chi connectivity index (χ3v) is 2.08. The zero-order valence-corrected chi connectivity index (χ0v) is 10.8. The molecular formula is C10H33N3O2. The van der Waals surface area contributed by atoms with Crippen LogP contribution in [0.5, 0.6) is 0 Å². The molecule has 1 rings (SSSR count). The van der Waals surface area contributed by atoms with Gasteiger partial charge in [-0.3, -0.25) is 0 Å². The summed E-state index contributed by atoms with van der Waals surface area (Å²) in [6.45, 7) is 7.00. The Morgan fingerprint density at radius 2 is 1.13 bits per heavy atom. The molecule has 1 aliphatic rings. The molecule has 1 heterocycles. The molecule has 0 aromatic carbocycles. The van der Waals surface area contributed by atoms with Crippen molar-refractivity contribution in [2.24, 2.45) is 0 Å². The predicted molar refractivity (Wildman–Crippen MR) is 69.2 cm³/mol. The Balaban J connectivity index is -0.0000000383. The quantitative estimate of drug-likeness (QED) is 0.703. The third-order valence-electron chi connectivity index (χ3n) is 2.08. The lowest BCUT2D eigenvalue weighted by atomic mass is 10.1. The van der Waals surface area contributed by atoms with Crippen LogP contribution in [0.4, 0.5) is 0 Å². The van der Waals surface area contributed by atoms with E-state index >= 15 is 0 Å². The maximum Gasteiger partial charge on any atom is -0.00218 e. The zero-order valence-electron chi connectivity index (χ0n) is 10.8. The summed E-state index contributed by atoms with van der Waals surface area (Å²) < 4.78 is 0. The third kappa shape index (κ3) is 24.8. The van der Waals surface area contributed by atoms with E-state index in [4.69, 9.17) is 0 Å². The Morgan fingerprint density at radius 1 is 0.800 bits per heavy atom. The molecule has 0 aromatic heterocycles. The maximum atomic E-state index is 2.39. The van der Waals surface area contributed by atoms with Crippen molar-refractivity contribution in [2.75, 3.05) is 20.1 Å². The van der Waals surface area contributed by atoms with Gasteiger partial charge in [-0.15, -0.1) is 0 Å². The second-order valence-corrected chi connectivity index (χ2v) is 3.36. The van der Waals surface area contributed by atoms with Crippen molar-refractivity contribution < 1.29 is 11.0 Å². The predicted octanol–water partition coefficient (Wildman–Crippen LogP) is 1.58. The Hall–Kier alpha value is -0.200. The fourth-order valence-corrected chi connectivity index (χ4v) is 1.05. The minimum atomic E-state index is 0. The first-order valence-corrected chi connectivity index (χ1v) is 4.99. The van der Waals surface area contributed by atoms with Crippen LogP contribution in [0.25, 0.3) is 0 Å². The lowest BCUT2D eigenvalue weighted by Gasteiger charge is -2.20. The highest BCUT2D eigenvalue weighted by Crippen LogP contribution is 2.04. The van der Waals surface area contributed by atoms with Gasteiger partial charge in [-0.05, 0) is 33.0 Å². The Kier molecular flexibility index (Phi) is 46.1. The van der Waals surface area contributed by atoms with Crippen LogP contribution >= 0.6 is 0 Å². The van der Waals surface area contributed by atoms with E-state index in [2.05, 4.69) is 25.8 Å². The van der Waals surface area contributed by atoms with Gasteiger partial charge < -0.3 is 28.2 Å². The Morgan fingerprint density at radius 3 is 1.27 bits per heavy atom. The number of hydrogen-bond donors (Lipinski definition) is 2. The minimum absolute atomic E-state index is 0. The van der Waals surface area contributed by atoms with Gasteiger partial charge in [-0.25, -0.2) is 0 Å². The lowest BCUT2D eigenvalue weighted by molar-refractivity contribution is 0.277. The molecular weight excluding hydrogens is 194 g/mol. The van der Waals surface area contributed by atoms with Gasteiger partial charge in [0.05, 0.1) is 0 Å². The van der Waals surface area contributed by atoms with Gasteiger partial charge in [-0.2, -0.15) is 0 Å². The average molecular weight is 227 g/mol. The van der Waals surface area contributed by atoms with Crippen LogP contribution in [0.15, 0.2) is 0 Å². The molecule has 0 aliphatic carbocycles. The molecule has 0 bridgehead atoms. The number of nitrogens with zero attached hydrogens (tertiary/aromatic N) is 1. The highest BCUT2D eigenvalue weighted by atomic mass is 16.0. The SMILES string of the molecule is CCCC.CN1CCCCC1.N.N.O.O. The normalized spacial score (nSPS) is 13.8. The summed E-state index contributed by atoms with van der Waals surface area (Å²) in [5.41, 5.74) is 0. The molecule has 1 fully saturated rings. The number of likely N-dealkylation sites (tertiary alicyclic amines) is 1. The van der Waals surface area contributed by atoms with E-state index in [1.807, 2.05) is 0 Å². The van der Waals surface area contributed by atoms with Gasteiger partial charge in [0.15, 0.2) is 0 Å². The monoisotopic (exact) mass is 227 g/mol. The second kappa shape index (κ2) is 23.5. The fourth-order valence-electron chi connectivity index (χ4n) is 1.05. The topological polar surface area (TPSA) is 136 Å². The second-order valence-electron chi connectivity index (χ2n) is 3.36. The van der Waals surface area contributed by atoms with Crippen LogP contribution in [0.3, 0.4) is 0 Å². The number of piperidine rings is 1. The molecule has 100 valence electrons. The van der Waals surface area contributed by atoms with Crippen molar-refractivity contribution in [1.82, 2.24) is 17.2 Å². The van der Waals surface area contributed by atoms with Gasteiger partial charge in [0.2, 0.25) is 0 Å². The summed E-state index contributed by atoms with van der Waals surface area (Å²) in [6.07, 6.45) is 6.91. The first-order chi connectivity index (χ1) is 5.31. The van der Waals surface area contributed by atoms with Crippen LogP contribution < -0.4 is 12.3 Å². The van der Waals surface area contributed by atoms with Gasteiger partial charge in [0, 0.05) is 0 Å². The van der Waals surface area contributed by atoms with Crippen molar-refractivity contribution in [3.05, 3.63) is 0 Å². The highest BCUT2D eigenvalue weighted by Gasteiger charge is 2.02. The minimum Gasteiger partial charge on any atom is -0.412 e. The Labute approximate surface area is 95.0 Å². The van der Waals surface area contributed by atoms with E-state index in [9.17, 15) is 0 Å². The van der Waals surface area contributed by atoms with E-state index in [0.29, 0.717) is 0 Å². The van der Waals surface area contributed by atoms with Crippen molar-refractivity contribution in [3.8, 4) is 0 Å². The molecule has 0 unspecified atom stereocenters. The number of hydrogen-bond acceptors (Lipinski definition) is 3. The van der Waals surface area contributed by atoms with E-state index in [1.165, 1.54) is 45.2 Å². The summed E-state index contributed by atoms with van der Waals surface area (Å²) in [5.74, 6) is 0. The van der Waals surface area contributed by atoms with Crippen molar-refractivity contribution in [1.29, 1.82) is 0 Å². The van der Waals surface area contributed by atoms with Gasteiger partial charge in [0.1, 0.15) is 0 Å². The molecule has 15 heavy (non-hydrogen) atoms. The summed E-state index contributed by atoms with van der Waals surface area (Å²) in [4.78, 5) is 2.39. The fraction of sp³-hybridized carbons (Fsp3) is 1.00. The molecule has 1 aliphatic heterocycles. The first-order valence-electron chi connectivity index (χ1n) is 4.99. The van der Waals surface area contributed by atoms with Crippen LogP contribution in [-0.4, -0.2) is 36.0 Å². The van der Waals surface area contributed by atoms with E-state index < -0.39 is 0 Å². The molecule has 0 amide bonds. The molecule has 0 saturated carbocycles. The van der Waals surface area contributed by atoms with Gasteiger partial charge >= 0.3 is 0 Å². The number of rotatable bonds is 1. The van der Waals surface area contributed by atoms with Crippen molar-refractivity contribution in [2.45, 2.75) is 46.0 Å². The van der Waals surface area contributed by atoms with Crippen LogP contribution in [0, 0.1) is 0 Å². The molecule has 0 aromatic rings. The van der Waals surface area contributed by atoms with Gasteiger partial charge in [-0.1, -0.05) is 33.1 Å². The number of unbranched alkanes of at least 4 members (excludes halogenated alkanes) is 1. The van der Waals surface area contributed by atoms with Crippen molar-refractivity contribution in [3.63, 3.8) is 0 Å². The largest absolute Gasteiger partial charge is 0.412 e. The maximum absolute atomic E-state index is 2.39. The molecule has 0 radical (unpaired) electrons. The molecule has 0 atom stereocenters. The van der Waals surface area contributed by atoms with Crippen molar-refractivity contribution >= 4 is 0 Å². The molecule has 5 nitrogen and oxygen atoms in total. The molecule has 0 spiro atoms. The van der Waals surface area contributed by atoms with E-state index in [0.717, 1.165) is 0 Å². The summed E-state index contributed by atoms with van der Waals surface area (Å²) in [7, 11) is 2.19. The van der Waals surface area contributed by atoms with Crippen LogP contribution in [0.1, 0.15) is 46.0 Å². The molecule has 5 heteroatoms. The first kappa shape index (κ1) is 29.3. The van der Waals surface area contributed by atoms with Gasteiger partial charge in [0.25, 0.3) is 0 Å². The Bertz CT molecular complexity index is 77.1. The summed E-state index contributed by atoms with van der Waals surface area (Å²) >= 11 is 0. The zero-order chi connectivity index (χ0) is 8.53. The summed E-state index contributed by atoms with van der Waals surface area (Å²) in [5, 5.41) is 0. The highest BCUT2D eigenvalue weighted by molar-refractivity contribution is 4.58. The van der Waals surface area contributed by atoms with E-state index in [1.54, 1.807) is 0 Å². The molecule has 10 N–H and O–H groups in total. The smallest absolute Gasteiger partial charge is 0.00218 e. The van der Waals surface area contributed by atoms with Crippen LogP contribution in [0.2, 0.25) is 0 Å². The van der Waals surface area contributed by atoms with Crippen LogP contribution in [-0.2, 0) is 0 Å². The summed E-state index contributed by atoms with van der Waals surface area (Å²) in [6, 6.07) is 0. The molecule has 1 saturated heterocycles. The average Bonchev–Trinajstić information content (AvgIpc) is 2.07.